The summed E-state index contributed by atoms with van der Waals surface area (Å²) in [6.07, 6.45) is 3.09. The maximum atomic E-state index is 12.6. The molecular weight excluding hydrogens is 376 g/mol. The van der Waals surface area contributed by atoms with Gasteiger partial charge in [0.05, 0.1) is 12.2 Å². The molecule has 27 heavy (non-hydrogen) atoms. The molecule has 0 saturated heterocycles. The zero-order valence-electron chi connectivity index (χ0n) is 14.9. The van der Waals surface area contributed by atoms with Crippen LogP contribution in [0.4, 0.5) is 4.79 Å². The highest BCUT2D eigenvalue weighted by atomic mass is 32.2. The average Bonchev–Trinajstić information content (AvgIpc) is 2.90. The number of carbonyl (C=O) groups excluding carboxylic acids is 2. The summed E-state index contributed by atoms with van der Waals surface area (Å²) in [4.78, 5) is 35.9. The SMILES string of the molecule is C/C=C/c1nn(C(=O)NS(=O)(=O)c2ccccc2C(=O)OCC)c(=O)n1C. The van der Waals surface area contributed by atoms with Gasteiger partial charge in [-0.1, -0.05) is 18.2 Å². The van der Waals surface area contributed by atoms with Crippen molar-refractivity contribution in [2.45, 2.75) is 18.7 Å². The highest BCUT2D eigenvalue weighted by Crippen LogP contribution is 2.16. The van der Waals surface area contributed by atoms with Crippen molar-refractivity contribution in [3.8, 4) is 0 Å². The Morgan fingerprint density at radius 2 is 1.96 bits per heavy atom. The fraction of sp³-hybridized carbons (Fsp3) is 0.250. The summed E-state index contributed by atoms with van der Waals surface area (Å²) >= 11 is 0. The summed E-state index contributed by atoms with van der Waals surface area (Å²) in [5.74, 6) is -0.682. The number of benzene rings is 1. The Hall–Kier alpha value is -3.21. The van der Waals surface area contributed by atoms with Crippen molar-refractivity contribution in [1.82, 2.24) is 19.1 Å². The molecular formula is C16H18N4O6S. The van der Waals surface area contributed by atoms with Gasteiger partial charge in [0.15, 0.2) is 5.82 Å². The normalized spacial score (nSPS) is 11.5. The number of esters is 1. The number of amides is 1. The molecule has 0 saturated carbocycles. The van der Waals surface area contributed by atoms with Gasteiger partial charge >= 0.3 is 17.7 Å². The lowest BCUT2D eigenvalue weighted by molar-refractivity contribution is 0.0521. The number of aromatic nitrogens is 3. The van der Waals surface area contributed by atoms with Crippen LogP contribution >= 0.6 is 0 Å². The molecule has 1 N–H and O–H groups in total. The molecule has 0 unspecified atom stereocenters. The number of rotatable bonds is 5. The van der Waals surface area contributed by atoms with Crippen LogP contribution in [0, 0.1) is 0 Å². The Morgan fingerprint density at radius 3 is 2.59 bits per heavy atom. The van der Waals surface area contributed by atoms with E-state index in [1.54, 1.807) is 24.6 Å². The summed E-state index contributed by atoms with van der Waals surface area (Å²) in [5.41, 5.74) is -1.06. The van der Waals surface area contributed by atoms with Crippen molar-refractivity contribution in [2.24, 2.45) is 7.05 Å². The van der Waals surface area contributed by atoms with E-state index in [1.807, 2.05) is 0 Å². The molecule has 144 valence electrons. The van der Waals surface area contributed by atoms with E-state index in [0.717, 1.165) is 10.6 Å². The fourth-order valence-corrected chi connectivity index (χ4v) is 3.30. The molecule has 0 aliphatic heterocycles. The minimum atomic E-state index is -4.46. The van der Waals surface area contributed by atoms with Crippen molar-refractivity contribution in [3.05, 3.63) is 52.2 Å². The van der Waals surface area contributed by atoms with Crippen LogP contribution in [0.3, 0.4) is 0 Å². The fourth-order valence-electron chi connectivity index (χ4n) is 2.17. The van der Waals surface area contributed by atoms with Gasteiger partial charge in [-0.25, -0.2) is 27.5 Å². The van der Waals surface area contributed by atoms with E-state index >= 15 is 0 Å². The zero-order chi connectivity index (χ0) is 20.2. The van der Waals surface area contributed by atoms with E-state index < -0.39 is 32.6 Å². The van der Waals surface area contributed by atoms with Crippen molar-refractivity contribution in [3.63, 3.8) is 0 Å². The molecule has 0 fully saturated rings. The third-order valence-electron chi connectivity index (χ3n) is 3.42. The van der Waals surface area contributed by atoms with Crippen LogP contribution in [-0.4, -0.2) is 41.4 Å². The van der Waals surface area contributed by atoms with Gasteiger partial charge in [-0.3, -0.25) is 4.57 Å². The van der Waals surface area contributed by atoms with Crippen LogP contribution in [0.2, 0.25) is 0 Å². The highest BCUT2D eigenvalue weighted by molar-refractivity contribution is 7.90. The summed E-state index contributed by atoms with van der Waals surface area (Å²) in [7, 11) is -3.07. The molecule has 0 spiro atoms. The van der Waals surface area contributed by atoms with Crippen molar-refractivity contribution < 1.29 is 22.7 Å². The van der Waals surface area contributed by atoms with Crippen molar-refractivity contribution >= 4 is 28.1 Å². The monoisotopic (exact) mass is 394 g/mol. The molecule has 0 aliphatic carbocycles. The predicted octanol–water partition coefficient (Wildman–Crippen LogP) is 0.738. The van der Waals surface area contributed by atoms with Crippen LogP contribution in [0.5, 0.6) is 0 Å². The van der Waals surface area contributed by atoms with Gasteiger partial charge < -0.3 is 4.74 Å². The Morgan fingerprint density at radius 1 is 1.30 bits per heavy atom. The third kappa shape index (κ3) is 4.14. The smallest absolute Gasteiger partial charge is 0.360 e. The second-order valence-corrected chi connectivity index (χ2v) is 6.89. The standard InChI is InChI=1S/C16H18N4O6S/c1-4-8-13-17-20(16(23)19(13)3)15(22)18-27(24,25)12-10-7-6-9-11(12)14(21)26-5-2/h4,6-10H,5H2,1-3H3,(H,18,22)/b8-4+. The molecule has 11 heteroatoms. The Balaban J connectivity index is 2.41. The molecule has 0 atom stereocenters. The minimum absolute atomic E-state index is 0.0522. The molecule has 0 aliphatic rings. The second-order valence-electron chi connectivity index (χ2n) is 5.24. The summed E-state index contributed by atoms with van der Waals surface area (Å²) in [5, 5.41) is 3.78. The number of hydrogen-bond acceptors (Lipinski definition) is 7. The van der Waals surface area contributed by atoms with Crippen LogP contribution in [-0.2, 0) is 21.8 Å². The van der Waals surface area contributed by atoms with Gasteiger partial charge in [-0.2, -0.15) is 0 Å². The Kier molecular flexibility index (Phi) is 5.95. The maximum absolute atomic E-state index is 12.6. The highest BCUT2D eigenvalue weighted by Gasteiger charge is 2.27. The number of sulfonamides is 1. The van der Waals surface area contributed by atoms with Gasteiger partial charge in [0.25, 0.3) is 10.0 Å². The van der Waals surface area contributed by atoms with Crippen LogP contribution in [0.15, 0.2) is 40.0 Å². The molecule has 2 rings (SSSR count). The number of ether oxygens (including phenoxy) is 1. The molecule has 1 aromatic carbocycles. The molecule has 1 heterocycles. The van der Waals surface area contributed by atoms with Gasteiger partial charge in [-0.15, -0.1) is 9.78 Å². The summed E-state index contributed by atoms with van der Waals surface area (Å²) in [6.45, 7) is 3.32. The maximum Gasteiger partial charge on any atom is 0.360 e. The molecule has 10 nitrogen and oxygen atoms in total. The number of carbonyl (C=O) groups is 2. The molecule has 0 bridgehead atoms. The van der Waals surface area contributed by atoms with E-state index in [1.165, 1.54) is 31.3 Å². The van der Waals surface area contributed by atoms with Crippen LogP contribution < -0.4 is 10.4 Å². The first-order chi connectivity index (χ1) is 12.7. The van der Waals surface area contributed by atoms with E-state index in [0.29, 0.717) is 4.68 Å². The zero-order valence-corrected chi connectivity index (χ0v) is 15.7. The van der Waals surface area contributed by atoms with E-state index in [2.05, 4.69) is 5.10 Å². The molecule has 2 aromatic rings. The minimum Gasteiger partial charge on any atom is -0.462 e. The Bertz CT molecular complexity index is 1060. The van der Waals surface area contributed by atoms with Crippen LogP contribution in [0.25, 0.3) is 6.08 Å². The first kappa shape index (κ1) is 20.1. The number of nitrogens with zero attached hydrogens (tertiary/aromatic N) is 3. The second kappa shape index (κ2) is 7.99. The first-order valence-electron chi connectivity index (χ1n) is 7.85. The molecule has 1 amide bonds. The first-order valence-corrected chi connectivity index (χ1v) is 9.33. The molecule has 0 radical (unpaired) electrons. The number of hydrogen-bond donors (Lipinski definition) is 1. The van der Waals surface area contributed by atoms with Gasteiger partial charge in [0, 0.05) is 7.05 Å². The lowest BCUT2D eigenvalue weighted by Gasteiger charge is -2.10. The number of allylic oxidation sites excluding steroid dienone is 1. The predicted molar refractivity (Wildman–Crippen MR) is 95.7 cm³/mol. The van der Waals surface area contributed by atoms with E-state index in [4.69, 9.17) is 4.74 Å². The topological polar surface area (TPSA) is 129 Å². The van der Waals surface area contributed by atoms with E-state index in [9.17, 15) is 22.8 Å². The summed E-state index contributed by atoms with van der Waals surface area (Å²) in [6, 6.07) is 3.98. The Labute approximate surface area is 155 Å². The average molecular weight is 394 g/mol. The lowest BCUT2D eigenvalue weighted by Crippen LogP contribution is -2.40. The summed E-state index contributed by atoms with van der Waals surface area (Å²) < 4.78 is 33.2. The van der Waals surface area contributed by atoms with Gasteiger partial charge in [0.2, 0.25) is 0 Å². The van der Waals surface area contributed by atoms with Crippen molar-refractivity contribution in [2.75, 3.05) is 6.61 Å². The van der Waals surface area contributed by atoms with Gasteiger partial charge in [-0.05, 0) is 32.1 Å². The lowest BCUT2D eigenvalue weighted by atomic mass is 10.2. The quantitative estimate of drug-likeness (QED) is 0.740. The van der Waals surface area contributed by atoms with E-state index in [-0.39, 0.29) is 18.0 Å². The third-order valence-corrected chi connectivity index (χ3v) is 4.79. The van der Waals surface area contributed by atoms with Crippen LogP contribution in [0.1, 0.15) is 30.0 Å². The van der Waals surface area contributed by atoms with Gasteiger partial charge in [0.1, 0.15) is 4.90 Å². The largest absolute Gasteiger partial charge is 0.462 e. The molecule has 1 aromatic heterocycles. The number of nitrogens with one attached hydrogen (secondary N) is 1. The van der Waals surface area contributed by atoms with Crippen molar-refractivity contribution in [1.29, 1.82) is 0 Å².